The molecule has 0 fully saturated rings. The van der Waals surface area contributed by atoms with Crippen LogP contribution < -0.4 is 4.74 Å². The molecule has 0 saturated heterocycles. The number of rotatable bonds is 6. The fourth-order valence-corrected chi connectivity index (χ4v) is 4.20. The van der Waals surface area contributed by atoms with E-state index in [1.165, 1.54) is 23.1 Å². The summed E-state index contributed by atoms with van der Waals surface area (Å²) in [5.41, 5.74) is 1.73. The molecule has 1 aliphatic rings. The first-order valence-electron chi connectivity index (χ1n) is 11.8. The number of hydrogen-bond donors (Lipinski definition) is 1. The second-order valence-corrected chi connectivity index (χ2v) is 9.11. The van der Waals surface area contributed by atoms with E-state index in [0.717, 1.165) is 5.56 Å². The Hall–Kier alpha value is -3.85. The summed E-state index contributed by atoms with van der Waals surface area (Å²) in [6.45, 7) is 3.92. The maximum absolute atomic E-state index is 14.2. The summed E-state index contributed by atoms with van der Waals surface area (Å²) in [6, 6.07) is 10.8. The van der Waals surface area contributed by atoms with Gasteiger partial charge in [0.15, 0.2) is 0 Å². The van der Waals surface area contributed by atoms with Crippen molar-refractivity contribution < 1.29 is 23.8 Å². The van der Waals surface area contributed by atoms with E-state index in [1.54, 1.807) is 55.7 Å². The largest absolute Gasteiger partial charge is 0.472 e. The number of aromatic nitrogens is 2. The van der Waals surface area contributed by atoms with E-state index >= 15 is 0 Å². The lowest BCUT2D eigenvalue weighted by molar-refractivity contribution is 0.0312. The minimum Gasteiger partial charge on any atom is -0.472 e. The summed E-state index contributed by atoms with van der Waals surface area (Å²) in [5.74, 6) is -1.43. The lowest BCUT2D eigenvalue weighted by Gasteiger charge is -2.37. The molecule has 2 aromatic heterocycles. The molecule has 3 heterocycles. The Bertz CT molecular complexity index is 1240. The summed E-state index contributed by atoms with van der Waals surface area (Å²) in [6.07, 6.45) is 4.41. The molecular formula is C27H29FN4O4. The van der Waals surface area contributed by atoms with Gasteiger partial charge in [0.05, 0.1) is 24.8 Å². The monoisotopic (exact) mass is 492 g/mol. The average molecular weight is 493 g/mol. The van der Waals surface area contributed by atoms with E-state index in [0.29, 0.717) is 12.1 Å². The van der Waals surface area contributed by atoms with Crippen molar-refractivity contribution in [2.75, 3.05) is 26.7 Å². The number of carbonyl (C=O) groups is 2. The van der Waals surface area contributed by atoms with Gasteiger partial charge in [0.25, 0.3) is 11.8 Å². The first-order chi connectivity index (χ1) is 17.3. The number of fused-ring (bicyclic) bond motifs is 1. The Balaban J connectivity index is 1.68. The highest BCUT2D eigenvalue weighted by Gasteiger charge is 2.35. The maximum Gasteiger partial charge on any atom is 0.259 e. The minimum absolute atomic E-state index is 0.0242. The fourth-order valence-electron chi connectivity index (χ4n) is 4.20. The van der Waals surface area contributed by atoms with Crippen molar-refractivity contribution in [2.45, 2.75) is 26.0 Å². The van der Waals surface area contributed by atoms with Gasteiger partial charge in [-0.25, -0.2) is 9.37 Å². The van der Waals surface area contributed by atoms with Gasteiger partial charge in [0, 0.05) is 49.2 Å². The summed E-state index contributed by atoms with van der Waals surface area (Å²) in [7, 11) is 1.59. The lowest BCUT2D eigenvalue weighted by atomic mass is 9.99. The summed E-state index contributed by atoms with van der Waals surface area (Å²) >= 11 is 0. The van der Waals surface area contributed by atoms with Gasteiger partial charge in [0.1, 0.15) is 17.5 Å². The van der Waals surface area contributed by atoms with Gasteiger partial charge in [-0.05, 0) is 31.2 Å². The Morgan fingerprint density at radius 2 is 2.03 bits per heavy atom. The van der Waals surface area contributed by atoms with Crippen LogP contribution in [0.25, 0.3) is 11.1 Å². The summed E-state index contributed by atoms with van der Waals surface area (Å²) in [5, 5.41) is 9.83. The molecule has 0 radical (unpaired) electrons. The van der Waals surface area contributed by atoms with Crippen molar-refractivity contribution >= 4 is 11.8 Å². The van der Waals surface area contributed by atoms with Gasteiger partial charge in [0.2, 0.25) is 5.88 Å². The molecule has 0 spiro atoms. The van der Waals surface area contributed by atoms with Gasteiger partial charge >= 0.3 is 0 Å². The number of halogens is 1. The first-order valence-corrected chi connectivity index (χ1v) is 11.8. The predicted molar refractivity (Wildman–Crippen MR) is 132 cm³/mol. The molecule has 8 nitrogen and oxygen atoms in total. The van der Waals surface area contributed by atoms with Crippen molar-refractivity contribution in [1.29, 1.82) is 0 Å². The van der Waals surface area contributed by atoms with Gasteiger partial charge < -0.3 is 19.6 Å². The van der Waals surface area contributed by atoms with E-state index in [4.69, 9.17) is 4.74 Å². The van der Waals surface area contributed by atoms with E-state index in [2.05, 4.69) is 9.97 Å². The van der Waals surface area contributed by atoms with Crippen LogP contribution in [0, 0.1) is 11.7 Å². The number of hydrogen-bond acceptors (Lipinski definition) is 6. The third-order valence-electron chi connectivity index (χ3n) is 6.42. The van der Waals surface area contributed by atoms with Crippen molar-refractivity contribution in [2.24, 2.45) is 5.92 Å². The van der Waals surface area contributed by atoms with E-state index in [1.807, 2.05) is 13.0 Å². The van der Waals surface area contributed by atoms with Crippen LogP contribution >= 0.6 is 0 Å². The van der Waals surface area contributed by atoms with Crippen molar-refractivity contribution in [3.8, 4) is 17.0 Å². The molecule has 1 aromatic carbocycles. The molecule has 188 valence electrons. The number of aliphatic hydroxyl groups excluding tert-OH is 1. The SMILES string of the molecule is C[C@H](CO)N1C[C@H](C)[C@@H](CN(C)C(=O)c2ccccc2F)Oc2ncc(-c3cccnc3)cc2C1=O. The number of benzene rings is 1. The molecule has 1 N–H and O–H groups in total. The number of amides is 2. The van der Waals surface area contributed by atoms with E-state index < -0.39 is 23.9 Å². The number of ether oxygens (including phenoxy) is 1. The quantitative estimate of drug-likeness (QED) is 0.568. The van der Waals surface area contributed by atoms with E-state index in [-0.39, 0.29) is 42.0 Å². The lowest BCUT2D eigenvalue weighted by Crippen LogP contribution is -2.50. The molecule has 0 unspecified atom stereocenters. The summed E-state index contributed by atoms with van der Waals surface area (Å²) in [4.78, 5) is 38.1. The standard InChI is InChI=1S/C27H29FN4O4/c1-17-14-32(18(2)16-33)27(35)22-11-20(19-7-6-10-29-12-19)13-30-25(22)36-24(17)15-31(3)26(34)21-8-4-5-9-23(21)28/h4-13,17-18,24,33H,14-16H2,1-3H3/t17-,18+,24+/m0/s1. The zero-order chi connectivity index (χ0) is 25.8. The van der Waals surface area contributed by atoms with Gasteiger partial charge in [-0.2, -0.15) is 0 Å². The number of carbonyl (C=O) groups excluding carboxylic acids is 2. The van der Waals surface area contributed by atoms with Crippen LogP contribution in [-0.2, 0) is 0 Å². The predicted octanol–water partition coefficient (Wildman–Crippen LogP) is 3.28. The normalized spacial score (nSPS) is 18.5. The van der Waals surface area contributed by atoms with Crippen LogP contribution in [0.1, 0.15) is 34.6 Å². The highest BCUT2D eigenvalue weighted by atomic mass is 19.1. The Kier molecular flexibility index (Phi) is 7.59. The Morgan fingerprint density at radius 1 is 1.25 bits per heavy atom. The third kappa shape index (κ3) is 5.21. The van der Waals surface area contributed by atoms with Crippen LogP contribution in [0.15, 0.2) is 61.1 Å². The maximum atomic E-state index is 14.2. The molecule has 3 aromatic rings. The van der Waals surface area contributed by atoms with Gasteiger partial charge in [-0.3, -0.25) is 14.6 Å². The molecule has 36 heavy (non-hydrogen) atoms. The molecular weight excluding hydrogens is 463 g/mol. The van der Waals surface area contributed by atoms with Crippen LogP contribution in [0.2, 0.25) is 0 Å². The topological polar surface area (TPSA) is 95.9 Å². The third-order valence-corrected chi connectivity index (χ3v) is 6.42. The molecule has 2 amide bonds. The number of pyridine rings is 2. The van der Waals surface area contributed by atoms with Crippen LogP contribution in [0.3, 0.4) is 0 Å². The number of nitrogens with zero attached hydrogens (tertiary/aromatic N) is 4. The van der Waals surface area contributed by atoms with E-state index in [9.17, 15) is 19.1 Å². The molecule has 0 bridgehead atoms. The molecule has 3 atom stereocenters. The second-order valence-electron chi connectivity index (χ2n) is 9.11. The van der Waals surface area contributed by atoms with Crippen LogP contribution in [-0.4, -0.2) is 75.6 Å². The molecule has 0 saturated carbocycles. The van der Waals surface area contributed by atoms with Crippen molar-refractivity contribution in [3.05, 3.63) is 78.0 Å². The smallest absolute Gasteiger partial charge is 0.259 e. The average Bonchev–Trinajstić information content (AvgIpc) is 2.90. The summed E-state index contributed by atoms with van der Waals surface area (Å²) < 4.78 is 20.4. The van der Waals surface area contributed by atoms with Crippen LogP contribution in [0.4, 0.5) is 4.39 Å². The Labute approximate surface area is 209 Å². The van der Waals surface area contributed by atoms with Crippen LogP contribution in [0.5, 0.6) is 5.88 Å². The fraction of sp³-hybridized carbons (Fsp3) is 0.333. The second kappa shape index (κ2) is 10.8. The minimum atomic E-state index is -0.593. The molecule has 9 heteroatoms. The highest BCUT2D eigenvalue weighted by Crippen LogP contribution is 2.30. The zero-order valence-corrected chi connectivity index (χ0v) is 20.5. The molecule has 1 aliphatic heterocycles. The van der Waals surface area contributed by atoms with Gasteiger partial charge in [-0.1, -0.05) is 25.1 Å². The van der Waals surface area contributed by atoms with Crippen molar-refractivity contribution in [3.63, 3.8) is 0 Å². The van der Waals surface area contributed by atoms with Gasteiger partial charge in [-0.15, -0.1) is 0 Å². The number of likely N-dealkylation sites (N-methyl/N-ethyl adjacent to an activating group) is 1. The Morgan fingerprint density at radius 3 is 2.72 bits per heavy atom. The first kappa shape index (κ1) is 25.2. The van der Waals surface area contributed by atoms with Crippen molar-refractivity contribution in [1.82, 2.24) is 19.8 Å². The highest BCUT2D eigenvalue weighted by molar-refractivity contribution is 5.98. The number of aliphatic hydroxyl groups is 1. The molecule has 0 aliphatic carbocycles. The zero-order valence-electron chi connectivity index (χ0n) is 20.5. The molecule has 4 rings (SSSR count).